The number of aryl methyl sites for hydroxylation is 1. The van der Waals surface area contributed by atoms with Gasteiger partial charge in [0.2, 0.25) is 0 Å². The number of fused-ring (bicyclic) bond motifs is 1. The second kappa shape index (κ2) is 4.66. The summed E-state index contributed by atoms with van der Waals surface area (Å²) in [5.41, 5.74) is 0.888. The van der Waals surface area contributed by atoms with Gasteiger partial charge in [0.15, 0.2) is 5.03 Å². The third kappa shape index (κ3) is 2.07. The van der Waals surface area contributed by atoms with E-state index in [0.717, 1.165) is 37.3 Å². The number of hydrogen-bond acceptors (Lipinski definition) is 3. The van der Waals surface area contributed by atoms with Crippen LogP contribution in [0.2, 0.25) is 0 Å². The highest BCUT2D eigenvalue weighted by Gasteiger charge is 2.31. The van der Waals surface area contributed by atoms with Crippen LogP contribution >= 0.6 is 0 Å². The zero-order valence-corrected chi connectivity index (χ0v) is 12.3. The maximum absolute atomic E-state index is 12.3. The van der Waals surface area contributed by atoms with E-state index in [2.05, 4.69) is 16.5 Å². The summed E-state index contributed by atoms with van der Waals surface area (Å²) in [6.07, 6.45) is 2.66. The molecule has 0 radical (unpaired) electrons. The second-order valence-corrected chi connectivity index (χ2v) is 7.24. The molecule has 1 unspecified atom stereocenters. The summed E-state index contributed by atoms with van der Waals surface area (Å²) in [7, 11) is -0.321. The number of imidazole rings is 1. The number of hydrogen-bond donors (Lipinski definition) is 0. The van der Waals surface area contributed by atoms with Gasteiger partial charge in [0.05, 0.1) is 5.69 Å². The number of rotatable bonds is 3. The number of sulfonamides is 1. The SMILES string of the molecule is CCc1nc(S(=O)(=O)N(C)C)c2n1CCC(C)C2. The van der Waals surface area contributed by atoms with Gasteiger partial charge < -0.3 is 4.57 Å². The van der Waals surface area contributed by atoms with E-state index in [-0.39, 0.29) is 5.03 Å². The largest absolute Gasteiger partial charge is 0.331 e. The second-order valence-electron chi connectivity index (χ2n) is 5.17. The molecule has 0 spiro atoms. The molecule has 1 aliphatic heterocycles. The van der Waals surface area contributed by atoms with Crippen molar-refractivity contribution < 1.29 is 8.42 Å². The van der Waals surface area contributed by atoms with E-state index in [0.29, 0.717) is 5.92 Å². The summed E-state index contributed by atoms with van der Waals surface area (Å²) in [6, 6.07) is 0. The highest BCUT2D eigenvalue weighted by molar-refractivity contribution is 7.89. The van der Waals surface area contributed by atoms with E-state index in [1.807, 2.05) is 6.92 Å². The topological polar surface area (TPSA) is 55.2 Å². The normalized spacial score (nSPS) is 20.2. The first-order chi connectivity index (χ1) is 8.37. The highest BCUT2D eigenvalue weighted by Crippen LogP contribution is 2.28. The molecule has 1 aromatic heterocycles. The van der Waals surface area contributed by atoms with Gasteiger partial charge >= 0.3 is 0 Å². The van der Waals surface area contributed by atoms with Crippen LogP contribution in [0.25, 0.3) is 0 Å². The van der Waals surface area contributed by atoms with Crippen LogP contribution < -0.4 is 0 Å². The Kier molecular flexibility index (Phi) is 3.51. The van der Waals surface area contributed by atoms with Gasteiger partial charge in [-0.05, 0) is 18.8 Å². The Bertz CT molecular complexity index is 546. The summed E-state index contributed by atoms with van der Waals surface area (Å²) in [5, 5.41) is 0.260. The maximum Gasteiger partial charge on any atom is 0.261 e. The van der Waals surface area contributed by atoms with Crippen LogP contribution in [0.3, 0.4) is 0 Å². The molecule has 0 saturated carbocycles. The lowest BCUT2D eigenvalue weighted by Gasteiger charge is -2.22. The summed E-state index contributed by atoms with van der Waals surface area (Å²) < 4.78 is 27.9. The molecule has 2 rings (SSSR count). The Balaban J connectivity index is 2.59. The van der Waals surface area contributed by atoms with E-state index in [1.54, 1.807) is 14.1 Å². The average Bonchev–Trinajstić information content (AvgIpc) is 2.67. The Morgan fingerprint density at radius 3 is 2.67 bits per heavy atom. The first-order valence-corrected chi connectivity index (χ1v) is 7.82. The molecule has 0 fully saturated rings. The third-order valence-corrected chi connectivity index (χ3v) is 5.32. The lowest BCUT2D eigenvalue weighted by molar-refractivity contribution is 0.404. The minimum atomic E-state index is -3.43. The summed E-state index contributed by atoms with van der Waals surface area (Å²) >= 11 is 0. The van der Waals surface area contributed by atoms with Gasteiger partial charge in [-0.3, -0.25) is 0 Å². The molecular formula is C12H21N3O2S. The maximum atomic E-state index is 12.3. The van der Waals surface area contributed by atoms with Gasteiger partial charge in [0, 0.05) is 27.1 Å². The smallest absolute Gasteiger partial charge is 0.261 e. The molecule has 0 saturated heterocycles. The van der Waals surface area contributed by atoms with Crippen molar-refractivity contribution >= 4 is 10.0 Å². The van der Waals surface area contributed by atoms with Crippen molar-refractivity contribution in [2.45, 2.75) is 44.7 Å². The molecule has 6 heteroatoms. The van der Waals surface area contributed by atoms with E-state index >= 15 is 0 Å². The molecule has 18 heavy (non-hydrogen) atoms. The van der Waals surface area contributed by atoms with E-state index in [1.165, 1.54) is 4.31 Å². The van der Waals surface area contributed by atoms with Gasteiger partial charge in [-0.15, -0.1) is 0 Å². The quantitative estimate of drug-likeness (QED) is 0.832. The number of nitrogens with zero attached hydrogens (tertiary/aromatic N) is 3. The Morgan fingerprint density at radius 1 is 1.44 bits per heavy atom. The van der Waals surface area contributed by atoms with Crippen molar-refractivity contribution in [3.05, 3.63) is 11.5 Å². The summed E-state index contributed by atoms with van der Waals surface area (Å²) in [5.74, 6) is 1.41. The average molecular weight is 271 g/mol. The fourth-order valence-corrected chi connectivity index (χ4v) is 3.46. The Labute approximate surface area is 109 Å². The Hall–Kier alpha value is -0.880. The lowest BCUT2D eigenvalue weighted by atomic mass is 9.98. The van der Waals surface area contributed by atoms with E-state index in [9.17, 15) is 8.42 Å². The fourth-order valence-electron chi connectivity index (χ4n) is 2.41. The van der Waals surface area contributed by atoms with Gasteiger partial charge in [-0.2, -0.15) is 0 Å². The van der Waals surface area contributed by atoms with Crippen LogP contribution in [0.5, 0.6) is 0 Å². The molecule has 1 aromatic rings. The highest BCUT2D eigenvalue weighted by atomic mass is 32.2. The van der Waals surface area contributed by atoms with Crippen LogP contribution in [0.15, 0.2) is 5.03 Å². The Morgan fingerprint density at radius 2 is 2.11 bits per heavy atom. The molecule has 1 aliphatic rings. The lowest BCUT2D eigenvalue weighted by Crippen LogP contribution is -2.26. The van der Waals surface area contributed by atoms with E-state index < -0.39 is 10.0 Å². The van der Waals surface area contributed by atoms with Crippen LogP contribution in [0.4, 0.5) is 0 Å². The summed E-state index contributed by atoms with van der Waals surface area (Å²) in [4.78, 5) is 4.37. The summed E-state index contributed by atoms with van der Waals surface area (Å²) in [6.45, 7) is 5.06. The predicted molar refractivity (Wildman–Crippen MR) is 70.0 cm³/mol. The van der Waals surface area contributed by atoms with Crippen LogP contribution in [-0.4, -0.2) is 36.4 Å². The predicted octanol–water partition coefficient (Wildman–Crippen LogP) is 1.28. The first kappa shape index (κ1) is 13.5. The minimum absolute atomic E-state index is 0.260. The van der Waals surface area contributed by atoms with Crippen LogP contribution in [0.1, 0.15) is 31.8 Å². The molecular weight excluding hydrogens is 250 g/mol. The fraction of sp³-hybridized carbons (Fsp3) is 0.750. The molecule has 0 aliphatic carbocycles. The first-order valence-electron chi connectivity index (χ1n) is 6.38. The van der Waals surface area contributed by atoms with Crippen molar-refractivity contribution in [2.75, 3.05) is 14.1 Å². The molecule has 0 N–H and O–H groups in total. The standard InChI is InChI=1S/C12H21N3O2S/c1-5-11-13-12(18(16,17)14(3)4)10-8-9(2)6-7-15(10)11/h9H,5-8H2,1-4H3. The van der Waals surface area contributed by atoms with Crippen molar-refractivity contribution in [3.63, 3.8) is 0 Å². The molecule has 0 aromatic carbocycles. The van der Waals surface area contributed by atoms with Crippen molar-refractivity contribution in [3.8, 4) is 0 Å². The monoisotopic (exact) mass is 271 g/mol. The minimum Gasteiger partial charge on any atom is -0.331 e. The molecule has 2 heterocycles. The molecule has 5 nitrogen and oxygen atoms in total. The number of aromatic nitrogens is 2. The van der Waals surface area contributed by atoms with Crippen molar-refractivity contribution in [1.29, 1.82) is 0 Å². The van der Waals surface area contributed by atoms with Gasteiger partial charge in [0.25, 0.3) is 10.0 Å². The molecule has 1 atom stereocenters. The zero-order chi connectivity index (χ0) is 13.5. The molecule has 0 amide bonds. The van der Waals surface area contributed by atoms with Gasteiger partial charge in [-0.1, -0.05) is 13.8 Å². The van der Waals surface area contributed by atoms with Crippen molar-refractivity contribution in [1.82, 2.24) is 13.9 Å². The van der Waals surface area contributed by atoms with Crippen molar-refractivity contribution in [2.24, 2.45) is 5.92 Å². The van der Waals surface area contributed by atoms with Gasteiger partial charge in [-0.25, -0.2) is 17.7 Å². The molecule has 0 bridgehead atoms. The van der Waals surface area contributed by atoms with Crippen LogP contribution in [0, 0.1) is 5.92 Å². The molecule has 102 valence electrons. The van der Waals surface area contributed by atoms with E-state index in [4.69, 9.17) is 0 Å². The zero-order valence-electron chi connectivity index (χ0n) is 11.5. The van der Waals surface area contributed by atoms with Gasteiger partial charge in [0.1, 0.15) is 5.82 Å². The van der Waals surface area contributed by atoms with Crippen LogP contribution in [-0.2, 0) is 29.4 Å². The third-order valence-electron chi connectivity index (χ3n) is 3.54.